The van der Waals surface area contributed by atoms with Crippen molar-refractivity contribution in [2.75, 3.05) is 0 Å². The Morgan fingerprint density at radius 3 is 2.93 bits per heavy atom. The number of aromatic nitrogens is 5. The summed E-state index contributed by atoms with van der Waals surface area (Å²) >= 11 is 6.20. The van der Waals surface area contributed by atoms with E-state index in [9.17, 15) is 0 Å². The lowest BCUT2D eigenvalue weighted by Gasteiger charge is -2.14. The predicted octanol–water partition coefficient (Wildman–Crippen LogP) is 5.32. The molecule has 0 amide bonds. The van der Waals surface area contributed by atoms with Crippen LogP contribution in [0.3, 0.4) is 0 Å². The van der Waals surface area contributed by atoms with E-state index in [2.05, 4.69) is 62.3 Å². The second-order valence-corrected chi connectivity index (χ2v) is 8.40. The van der Waals surface area contributed by atoms with E-state index in [0.29, 0.717) is 11.2 Å². The van der Waals surface area contributed by atoms with E-state index in [4.69, 9.17) is 11.6 Å². The Morgan fingerprint density at radius 1 is 1.14 bits per heavy atom. The minimum Gasteiger partial charge on any atom is -0.329 e. The molecule has 0 radical (unpaired) electrons. The number of fused-ring (bicyclic) bond motifs is 2. The minimum absolute atomic E-state index is 0.508. The number of pyridine rings is 1. The summed E-state index contributed by atoms with van der Waals surface area (Å²) in [5.41, 5.74) is 5.74. The zero-order chi connectivity index (χ0) is 19.3. The molecule has 0 N–H and O–H groups in total. The molecule has 1 saturated carbocycles. The highest BCUT2D eigenvalue weighted by molar-refractivity contribution is 6.33. The highest BCUT2D eigenvalue weighted by Gasteiger charge is 2.27. The first-order chi connectivity index (χ1) is 13.6. The van der Waals surface area contributed by atoms with Gasteiger partial charge in [0.05, 0.1) is 11.1 Å². The smallest absolute Gasteiger partial charge is 0.145 e. The predicted molar refractivity (Wildman–Crippen MR) is 112 cm³/mol. The number of hydrogen-bond acceptors (Lipinski definition) is 3. The summed E-state index contributed by atoms with van der Waals surface area (Å²) in [6.07, 6.45) is 11.8. The van der Waals surface area contributed by atoms with E-state index in [1.165, 1.54) is 36.9 Å². The third kappa shape index (κ3) is 2.98. The van der Waals surface area contributed by atoms with Gasteiger partial charge in [0.25, 0.3) is 0 Å². The Balaban J connectivity index is 1.27. The summed E-state index contributed by atoms with van der Waals surface area (Å²) in [7, 11) is 0. The number of hydrogen-bond donors (Lipinski definition) is 0. The van der Waals surface area contributed by atoms with Crippen LogP contribution in [-0.2, 0) is 6.42 Å². The molecule has 6 heteroatoms. The molecule has 0 spiro atoms. The molecule has 5 rings (SSSR count). The molecular formula is C22H24ClN5. The number of rotatable bonds is 4. The zero-order valence-electron chi connectivity index (χ0n) is 16.3. The lowest BCUT2D eigenvalue weighted by Crippen LogP contribution is -2.06. The Kier molecular flexibility index (Phi) is 4.35. The van der Waals surface area contributed by atoms with Crippen LogP contribution in [0.1, 0.15) is 48.7 Å². The van der Waals surface area contributed by atoms with Gasteiger partial charge in [-0.1, -0.05) is 11.6 Å². The average molecular weight is 394 g/mol. The van der Waals surface area contributed by atoms with Crippen LogP contribution < -0.4 is 0 Å². The fraction of sp³-hybridized carbons (Fsp3) is 0.409. The molecule has 144 valence electrons. The van der Waals surface area contributed by atoms with Crippen LogP contribution in [0.5, 0.6) is 0 Å². The average Bonchev–Trinajstić information content (AvgIpc) is 3.39. The summed E-state index contributed by atoms with van der Waals surface area (Å²) in [6.45, 7) is 4.19. The van der Waals surface area contributed by atoms with Crippen molar-refractivity contribution in [3.63, 3.8) is 0 Å². The Bertz CT molecular complexity index is 1160. The van der Waals surface area contributed by atoms with E-state index < -0.39 is 0 Å². The molecule has 4 heterocycles. The second-order valence-electron chi connectivity index (χ2n) is 8.04. The van der Waals surface area contributed by atoms with E-state index in [1.54, 1.807) is 6.33 Å². The molecule has 5 nitrogen and oxygen atoms in total. The monoisotopic (exact) mass is 393 g/mol. The Labute approximate surface area is 169 Å². The molecular weight excluding hydrogens is 370 g/mol. The zero-order valence-corrected chi connectivity index (χ0v) is 17.0. The quantitative estimate of drug-likeness (QED) is 0.440. The van der Waals surface area contributed by atoms with Crippen LogP contribution in [-0.4, -0.2) is 23.9 Å². The van der Waals surface area contributed by atoms with Gasteiger partial charge in [0, 0.05) is 24.1 Å². The van der Waals surface area contributed by atoms with Crippen molar-refractivity contribution in [1.29, 1.82) is 0 Å². The largest absolute Gasteiger partial charge is 0.329 e. The van der Waals surface area contributed by atoms with Gasteiger partial charge in [0.2, 0.25) is 0 Å². The lowest BCUT2D eigenvalue weighted by atomic mass is 9.98. The number of nitrogens with zero attached hydrogens (tertiary/aromatic N) is 5. The van der Waals surface area contributed by atoms with Gasteiger partial charge in [-0.15, -0.1) is 0 Å². The Hall–Kier alpha value is -2.40. The Morgan fingerprint density at radius 2 is 2.04 bits per heavy atom. The van der Waals surface area contributed by atoms with Crippen LogP contribution >= 0.6 is 11.6 Å². The molecule has 28 heavy (non-hydrogen) atoms. The van der Waals surface area contributed by atoms with Gasteiger partial charge in [-0.25, -0.2) is 15.0 Å². The van der Waals surface area contributed by atoms with E-state index in [-0.39, 0.29) is 0 Å². The van der Waals surface area contributed by atoms with Gasteiger partial charge in [0.1, 0.15) is 22.8 Å². The molecule has 1 aliphatic rings. The van der Waals surface area contributed by atoms with Gasteiger partial charge in [0.15, 0.2) is 0 Å². The first-order valence-electron chi connectivity index (χ1n) is 10.0. The fourth-order valence-electron chi connectivity index (χ4n) is 4.65. The maximum absolute atomic E-state index is 6.20. The van der Waals surface area contributed by atoms with Gasteiger partial charge in [-0.3, -0.25) is 0 Å². The molecule has 0 bridgehead atoms. The molecule has 0 aliphatic heterocycles. The van der Waals surface area contributed by atoms with Gasteiger partial charge >= 0.3 is 0 Å². The summed E-state index contributed by atoms with van der Waals surface area (Å²) in [5.74, 6) is 0.749. The van der Waals surface area contributed by atoms with E-state index in [1.807, 2.05) is 6.07 Å². The van der Waals surface area contributed by atoms with Crippen LogP contribution in [0.15, 0.2) is 36.9 Å². The van der Waals surface area contributed by atoms with Crippen molar-refractivity contribution in [2.24, 2.45) is 5.92 Å². The molecule has 1 aliphatic carbocycles. The molecule has 2 atom stereocenters. The maximum Gasteiger partial charge on any atom is 0.145 e. The van der Waals surface area contributed by atoms with Crippen LogP contribution in [0.25, 0.3) is 16.7 Å². The van der Waals surface area contributed by atoms with Crippen LogP contribution in [0.4, 0.5) is 0 Å². The molecule has 4 aromatic heterocycles. The standard InChI is InChI=1S/C22H24ClN5/c1-14-15(2)27-9-7-17(12-20(27)26-14)4-3-16-5-6-18(11-16)28-10-8-19-21(23)24-13-25-22(19)28/h7-10,12-13,16,18H,3-6,11H2,1-2H3. The lowest BCUT2D eigenvalue weighted by molar-refractivity contribution is 0.461. The number of halogens is 1. The van der Waals surface area contributed by atoms with Crippen LogP contribution in [0, 0.1) is 19.8 Å². The second kappa shape index (κ2) is 6.89. The topological polar surface area (TPSA) is 48.0 Å². The van der Waals surface area contributed by atoms with Crippen molar-refractivity contribution >= 4 is 28.3 Å². The molecule has 0 saturated heterocycles. The third-order valence-corrected chi connectivity index (χ3v) is 6.68. The van der Waals surface area contributed by atoms with Gasteiger partial charge < -0.3 is 8.97 Å². The first kappa shape index (κ1) is 17.7. The summed E-state index contributed by atoms with van der Waals surface area (Å²) < 4.78 is 4.47. The minimum atomic E-state index is 0.508. The first-order valence-corrected chi connectivity index (χ1v) is 10.4. The molecule has 1 fully saturated rings. The van der Waals surface area contributed by atoms with Crippen molar-refractivity contribution < 1.29 is 0 Å². The highest BCUT2D eigenvalue weighted by Crippen LogP contribution is 2.39. The van der Waals surface area contributed by atoms with Gasteiger partial charge in [-0.05, 0) is 75.6 Å². The maximum atomic E-state index is 6.20. The van der Waals surface area contributed by atoms with E-state index >= 15 is 0 Å². The van der Waals surface area contributed by atoms with Crippen molar-refractivity contribution in [3.05, 3.63) is 59.0 Å². The van der Waals surface area contributed by atoms with Crippen molar-refractivity contribution in [1.82, 2.24) is 23.9 Å². The van der Waals surface area contributed by atoms with Crippen molar-refractivity contribution in [3.8, 4) is 0 Å². The molecule has 2 unspecified atom stereocenters. The highest BCUT2D eigenvalue weighted by atomic mass is 35.5. The number of aryl methyl sites for hydroxylation is 3. The third-order valence-electron chi connectivity index (χ3n) is 6.38. The SMILES string of the molecule is Cc1nc2cc(CCC3CCC(n4ccc5c(Cl)ncnc54)C3)ccn2c1C. The summed E-state index contributed by atoms with van der Waals surface area (Å²) in [4.78, 5) is 13.2. The van der Waals surface area contributed by atoms with Gasteiger partial charge in [-0.2, -0.15) is 0 Å². The van der Waals surface area contributed by atoms with E-state index in [0.717, 1.165) is 34.7 Å². The normalized spacial score (nSPS) is 19.8. The van der Waals surface area contributed by atoms with Crippen molar-refractivity contribution in [2.45, 2.75) is 52.0 Å². The number of imidazole rings is 1. The summed E-state index contributed by atoms with van der Waals surface area (Å²) in [6, 6.07) is 7.03. The molecule has 4 aromatic rings. The summed E-state index contributed by atoms with van der Waals surface area (Å²) in [5, 5.41) is 1.49. The van der Waals surface area contributed by atoms with Crippen LogP contribution in [0.2, 0.25) is 5.15 Å². The molecule has 0 aromatic carbocycles. The fourth-order valence-corrected chi connectivity index (χ4v) is 4.84.